The van der Waals surface area contributed by atoms with Crippen molar-refractivity contribution in [3.63, 3.8) is 0 Å². The summed E-state index contributed by atoms with van der Waals surface area (Å²) < 4.78 is 0. The number of aliphatic hydroxyl groups excluding tert-OH is 2. The third-order valence-electron chi connectivity index (χ3n) is 9.02. The van der Waals surface area contributed by atoms with Crippen molar-refractivity contribution in [3.05, 3.63) is 23.8 Å². The fourth-order valence-corrected chi connectivity index (χ4v) is 7.97. The van der Waals surface area contributed by atoms with Crippen LogP contribution in [-0.2, 0) is 9.59 Å². The Morgan fingerprint density at radius 3 is 2.70 bits per heavy atom. The summed E-state index contributed by atoms with van der Waals surface area (Å²) in [5.41, 5.74) is -1.47. The molecule has 0 amide bonds. The van der Waals surface area contributed by atoms with Gasteiger partial charge in [-0.2, -0.15) is 0 Å². The molecule has 9 atom stereocenters. The van der Waals surface area contributed by atoms with E-state index in [2.05, 4.69) is 6.92 Å². The number of ketones is 2. The van der Waals surface area contributed by atoms with Crippen LogP contribution in [0.3, 0.4) is 0 Å². The second-order valence-corrected chi connectivity index (χ2v) is 9.98. The summed E-state index contributed by atoms with van der Waals surface area (Å²) in [7, 11) is 0. The van der Waals surface area contributed by atoms with E-state index in [1.54, 1.807) is 12.2 Å². The van der Waals surface area contributed by atoms with Crippen molar-refractivity contribution < 1.29 is 24.9 Å². The van der Waals surface area contributed by atoms with Crippen LogP contribution in [0, 0.1) is 40.4 Å². The second kappa shape index (κ2) is 5.19. The fourth-order valence-electron chi connectivity index (χ4n) is 7.97. The van der Waals surface area contributed by atoms with Crippen molar-refractivity contribution in [2.45, 2.75) is 51.2 Å². The minimum atomic E-state index is -1.53. The number of carbonyl (C=O) groups is 2. The first-order chi connectivity index (χ1) is 12.7. The molecule has 0 radical (unpaired) electrons. The number of hydrogen-bond acceptors (Lipinski definition) is 5. The molecule has 4 fully saturated rings. The summed E-state index contributed by atoms with van der Waals surface area (Å²) in [6, 6.07) is 0. The molecule has 0 aromatic rings. The lowest BCUT2D eigenvalue weighted by Crippen LogP contribution is -2.63. The van der Waals surface area contributed by atoms with Gasteiger partial charge in [-0.25, -0.2) is 0 Å². The van der Waals surface area contributed by atoms with Crippen LogP contribution in [0.25, 0.3) is 0 Å². The molecule has 146 valence electrons. The Hall–Kier alpha value is -1.30. The molecule has 0 spiro atoms. The lowest BCUT2D eigenvalue weighted by Gasteiger charge is -2.60. The predicted octanol–water partition coefficient (Wildman–Crippen LogP) is 1.41. The maximum atomic E-state index is 12.6. The predicted molar refractivity (Wildman–Crippen MR) is 97.4 cm³/mol. The quantitative estimate of drug-likeness (QED) is 0.681. The molecule has 27 heavy (non-hydrogen) atoms. The molecule has 0 unspecified atom stereocenters. The van der Waals surface area contributed by atoms with Gasteiger partial charge in [0.05, 0.1) is 6.10 Å². The van der Waals surface area contributed by atoms with Gasteiger partial charge in [-0.05, 0) is 61.5 Å². The van der Waals surface area contributed by atoms with E-state index in [9.17, 15) is 24.9 Å². The molecule has 3 N–H and O–H groups in total. The van der Waals surface area contributed by atoms with E-state index in [0.29, 0.717) is 12.3 Å². The van der Waals surface area contributed by atoms with E-state index in [1.807, 2.05) is 13.0 Å². The maximum absolute atomic E-state index is 12.6. The van der Waals surface area contributed by atoms with Gasteiger partial charge < -0.3 is 15.3 Å². The molecule has 5 nitrogen and oxygen atoms in total. The molecule has 0 aromatic heterocycles. The van der Waals surface area contributed by atoms with Crippen LogP contribution < -0.4 is 0 Å². The monoisotopic (exact) mass is 372 g/mol. The standard InChI is InChI=1S/C22H28O5/c1-20-6-5-12(24)7-11(20)3-4-13-18-14-8-15(14)22(27,17(26)10-23)21(18,2)9-16(25)19(13)20/h5-7,13-16,18-19,23,25,27H,3-4,8-10H2,1-2H3/t13-,14-,15+,16-,18+,19+,20-,21-,22-/m0/s1. The van der Waals surface area contributed by atoms with Crippen LogP contribution >= 0.6 is 0 Å². The van der Waals surface area contributed by atoms with E-state index >= 15 is 0 Å². The van der Waals surface area contributed by atoms with Crippen molar-refractivity contribution in [2.24, 2.45) is 40.4 Å². The van der Waals surface area contributed by atoms with Crippen LogP contribution in [-0.4, -0.2) is 45.2 Å². The van der Waals surface area contributed by atoms with Gasteiger partial charge >= 0.3 is 0 Å². The lowest BCUT2D eigenvalue weighted by molar-refractivity contribution is -0.189. The second-order valence-electron chi connectivity index (χ2n) is 9.98. The van der Waals surface area contributed by atoms with Gasteiger partial charge in [-0.3, -0.25) is 9.59 Å². The van der Waals surface area contributed by atoms with Gasteiger partial charge in [0.25, 0.3) is 0 Å². The minimum absolute atomic E-state index is 0.00671. The number of hydrogen-bond donors (Lipinski definition) is 3. The van der Waals surface area contributed by atoms with E-state index < -0.39 is 29.5 Å². The summed E-state index contributed by atoms with van der Waals surface area (Å²) in [5, 5.41) is 32.2. The zero-order valence-corrected chi connectivity index (χ0v) is 15.9. The molecule has 0 aromatic carbocycles. The number of fused-ring (bicyclic) bond motifs is 7. The van der Waals surface area contributed by atoms with E-state index in [4.69, 9.17) is 0 Å². The van der Waals surface area contributed by atoms with Crippen molar-refractivity contribution in [2.75, 3.05) is 6.61 Å². The van der Waals surface area contributed by atoms with E-state index in [1.165, 1.54) is 0 Å². The van der Waals surface area contributed by atoms with Gasteiger partial charge in [-0.15, -0.1) is 0 Å². The lowest BCUT2D eigenvalue weighted by atomic mass is 9.45. The maximum Gasteiger partial charge on any atom is 0.190 e. The van der Waals surface area contributed by atoms with Gasteiger partial charge in [-0.1, -0.05) is 25.5 Å². The third kappa shape index (κ3) is 1.91. The van der Waals surface area contributed by atoms with Gasteiger partial charge in [0.2, 0.25) is 0 Å². The third-order valence-corrected chi connectivity index (χ3v) is 9.02. The Morgan fingerprint density at radius 2 is 2.00 bits per heavy atom. The number of Topliss-reactive ketones (excluding diaryl/α,β-unsaturated/α-hetero) is 1. The average Bonchev–Trinajstić information content (AvgIpc) is 3.37. The van der Waals surface area contributed by atoms with Gasteiger partial charge in [0.1, 0.15) is 12.2 Å². The largest absolute Gasteiger partial charge is 0.393 e. The Balaban J connectivity index is 1.59. The summed E-state index contributed by atoms with van der Waals surface area (Å²) in [4.78, 5) is 24.5. The van der Waals surface area contributed by atoms with E-state index in [0.717, 1.165) is 24.8 Å². The molecule has 5 aliphatic rings. The normalized spacial score (nSPS) is 55.1. The van der Waals surface area contributed by atoms with Crippen LogP contribution in [0.1, 0.15) is 39.5 Å². The van der Waals surface area contributed by atoms with E-state index in [-0.39, 0.29) is 34.9 Å². The molecule has 0 saturated heterocycles. The molecule has 0 bridgehead atoms. The molecule has 0 heterocycles. The summed E-state index contributed by atoms with van der Waals surface area (Å²) >= 11 is 0. The highest BCUT2D eigenvalue weighted by molar-refractivity contribution is 6.01. The van der Waals surface area contributed by atoms with Crippen molar-refractivity contribution >= 4 is 11.6 Å². The Labute approximate surface area is 159 Å². The first-order valence-electron chi connectivity index (χ1n) is 10.2. The number of rotatable bonds is 2. The molecule has 4 saturated carbocycles. The Kier molecular flexibility index (Phi) is 3.42. The topological polar surface area (TPSA) is 94.8 Å². The van der Waals surface area contributed by atoms with Crippen molar-refractivity contribution in [1.29, 1.82) is 0 Å². The number of carbonyl (C=O) groups excluding carboxylic acids is 2. The smallest absolute Gasteiger partial charge is 0.190 e. The first kappa shape index (κ1) is 17.8. The van der Waals surface area contributed by atoms with Crippen molar-refractivity contribution in [1.82, 2.24) is 0 Å². The summed E-state index contributed by atoms with van der Waals surface area (Å²) in [6.07, 6.45) is 7.54. The summed E-state index contributed by atoms with van der Waals surface area (Å²) in [5.74, 6) is 0.0893. The molecular formula is C22H28O5. The highest BCUT2D eigenvalue weighted by Crippen LogP contribution is 2.76. The van der Waals surface area contributed by atoms with Gasteiger partial charge in [0, 0.05) is 16.7 Å². The van der Waals surface area contributed by atoms with Crippen LogP contribution in [0.2, 0.25) is 0 Å². The average molecular weight is 372 g/mol. The van der Waals surface area contributed by atoms with Gasteiger partial charge in [0.15, 0.2) is 11.6 Å². The van der Waals surface area contributed by atoms with Crippen molar-refractivity contribution in [3.8, 4) is 0 Å². The SMILES string of the molecule is C[C@]12C=CC(=O)C=C1CC[C@@H]1[C@@H]2[C@@H](O)C[C@@]2(C)[C@H]1[C@H]1C[C@H]1[C@]2(O)C(=O)CO. The summed E-state index contributed by atoms with van der Waals surface area (Å²) in [6.45, 7) is 3.42. The highest BCUT2D eigenvalue weighted by atomic mass is 16.3. The molecule has 5 rings (SSSR count). The molecular weight excluding hydrogens is 344 g/mol. The molecule has 0 aliphatic heterocycles. The Bertz CT molecular complexity index is 799. The number of allylic oxidation sites excluding steroid dienone is 4. The fraction of sp³-hybridized carbons (Fsp3) is 0.727. The zero-order valence-electron chi connectivity index (χ0n) is 15.9. The minimum Gasteiger partial charge on any atom is -0.393 e. The first-order valence-corrected chi connectivity index (χ1v) is 10.2. The highest BCUT2D eigenvalue weighted by Gasteiger charge is 2.79. The number of aliphatic hydroxyl groups is 3. The molecule has 5 aliphatic carbocycles. The van der Waals surface area contributed by atoms with Crippen LogP contribution in [0.15, 0.2) is 23.8 Å². The van der Waals surface area contributed by atoms with Crippen LogP contribution in [0.4, 0.5) is 0 Å². The molecule has 5 heteroatoms. The zero-order chi connectivity index (χ0) is 19.4. The van der Waals surface area contributed by atoms with Crippen LogP contribution in [0.5, 0.6) is 0 Å². The Morgan fingerprint density at radius 1 is 1.26 bits per heavy atom.